The highest BCUT2D eigenvalue weighted by molar-refractivity contribution is 9.10. The monoisotopic (exact) mass is 573 g/mol. The fourth-order valence-electron chi connectivity index (χ4n) is 6.52. The van der Waals surface area contributed by atoms with Gasteiger partial charge in [0, 0.05) is 38.7 Å². The van der Waals surface area contributed by atoms with E-state index in [1.165, 1.54) is 30.2 Å². The van der Waals surface area contributed by atoms with Crippen molar-refractivity contribution in [2.24, 2.45) is 17.8 Å². The maximum atomic E-state index is 13.9. The molecule has 0 aromatic heterocycles. The number of imide groups is 1. The molecule has 1 saturated heterocycles. The third-order valence-electron chi connectivity index (χ3n) is 8.18. The minimum absolute atomic E-state index is 0.00773. The van der Waals surface area contributed by atoms with E-state index in [0.29, 0.717) is 40.1 Å². The summed E-state index contributed by atoms with van der Waals surface area (Å²) in [7, 11) is 1.48. The number of rotatable bonds is 3. The zero-order valence-electron chi connectivity index (χ0n) is 20.7. The summed E-state index contributed by atoms with van der Waals surface area (Å²) in [5, 5.41) is 10.1. The summed E-state index contributed by atoms with van der Waals surface area (Å²) in [5.41, 5.74) is 3.10. The second kappa shape index (κ2) is 8.91. The highest BCUT2D eigenvalue weighted by atomic mass is 79.9. The highest BCUT2D eigenvalue weighted by Crippen LogP contribution is 2.56. The fourth-order valence-corrected chi connectivity index (χ4v) is 6.78. The minimum Gasteiger partial charge on any atom is -0.508 e. The molecular weight excluding hydrogens is 550 g/mol. The first-order chi connectivity index (χ1) is 18.2. The minimum atomic E-state index is -0.653. The molecular formula is C30H24BrNO6. The smallest absolute Gasteiger partial charge is 0.238 e. The number of hydrogen-bond acceptors (Lipinski definition) is 6. The van der Waals surface area contributed by atoms with Gasteiger partial charge in [-0.3, -0.25) is 24.1 Å². The first-order valence-electron chi connectivity index (χ1n) is 12.4. The molecule has 0 unspecified atom stereocenters. The lowest BCUT2D eigenvalue weighted by atomic mass is 9.59. The van der Waals surface area contributed by atoms with Gasteiger partial charge in [-0.1, -0.05) is 33.6 Å². The third-order valence-corrected chi connectivity index (χ3v) is 8.70. The average Bonchev–Trinajstić information content (AvgIpc) is 3.16. The standard InChI is InChI=1S/C30H24BrNO6/c1-14-11-23(34)27-22(28(14)35)13-21-18(25(27)19-8-7-17(33)12-24(19)38-2)9-10-20-26(21)30(37)32(29(20)36)16-5-3-15(31)4-6-16/h3-9,11-12,20-21,25-26,33H,10,13H2,1-2H3/t20-,21+,25+,26-/m0/s1. The Balaban J connectivity index is 1.51. The summed E-state index contributed by atoms with van der Waals surface area (Å²) in [6.07, 6.45) is 3.89. The molecule has 1 heterocycles. The Hall–Kier alpha value is -3.78. The van der Waals surface area contributed by atoms with Crippen molar-refractivity contribution < 1.29 is 29.0 Å². The van der Waals surface area contributed by atoms with E-state index < -0.39 is 23.7 Å². The SMILES string of the molecule is COc1cc(O)ccc1[C@H]1C2=CC[C@@H]3C(=O)N(c4ccc(Br)cc4)C(=O)[C@@H]3[C@@H]2CC2=C1C(=O)C=C(C)C2=O. The second-order valence-electron chi connectivity index (χ2n) is 10.1. The summed E-state index contributed by atoms with van der Waals surface area (Å²) in [6, 6.07) is 11.7. The van der Waals surface area contributed by atoms with Gasteiger partial charge in [0.1, 0.15) is 11.5 Å². The number of aromatic hydroxyl groups is 1. The van der Waals surface area contributed by atoms with E-state index in [1.807, 2.05) is 6.08 Å². The van der Waals surface area contributed by atoms with Crippen LogP contribution in [0.15, 0.2) is 81.4 Å². The Morgan fingerprint density at radius 3 is 2.45 bits per heavy atom. The van der Waals surface area contributed by atoms with Crippen molar-refractivity contribution >= 4 is 45.0 Å². The van der Waals surface area contributed by atoms with Gasteiger partial charge in [0.25, 0.3) is 0 Å². The largest absolute Gasteiger partial charge is 0.508 e. The number of ether oxygens (including phenoxy) is 1. The summed E-state index contributed by atoms with van der Waals surface area (Å²) in [6.45, 7) is 1.62. The lowest BCUT2D eigenvalue weighted by Crippen LogP contribution is -2.39. The quantitative estimate of drug-likeness (QED) is 0.321. The van der Waals surface area contributed by atoms with E-state index >= 15 is 0 Å². The van der Waals surface area contributed by atoms with Crippen molar-refractivity contribution in [1.82, 2.24) is 0 Å². The third kappa shape index (κ3) is 3.54. The predicted molar refractivity (Wildman–Crippen MR) is 143 cm³/mol. The van der Waals surface area contributed by atoms with Crippen molar-refractivity contribution in [2.75, 3.05) is 12.0 Å². The highest BCUT2D eigenvalue weighted by Gasteiger charge is 2.56. The van der Waals surface area contributed by atoms with E-state index in [1.54, 1.807) is 37.3 Å². The lowest BCUT2D eigenvalue weighted by Gasteiger charge is -2.42. The van der Waals surface area contributed by atoms with Gasteiger partial charge in [0.2, 0.25) is 11.8 Å². The number of ketones is 2. The topological polar surface area (TPSA) is 101 Å². The number of methoxy groups -OCH3 is 1. The molecule has 0 bridgehead atoms. The molecule has 1 aliphatic heterocycles. The van der Waals surface area contributed by atoms with Gasteiger partial charge in [-0.15, -0.1) is 0 Å². The summed E-state index contributed by atoms with van der Waals surface area (Å²) in [4.78, 5) is 55.5. The molecule has 38 heavy (non-hydrogen) atoms. The fraction of sp³-hybridized carbons (Fsp3) is 0.267. The van der Waals surface area contributed by atoms with Crippen LogP contribution in [-0.2, 0) is 19.2 Å². The Morgan fingerprint density at radius 2 is 1.74 bits per heavy atom. The number of phenolic OH excluding ortho intramolecular Hbond substituents is 1. The normalized spacial score (nSPS) is 26.6. The van der Waals surface area contributed by atoms with Crippen LogP contribution in [0.4, 0.5) is 5.69 Å². The second-order valence-corrected chi connectivity index (χ2v) is 11.1. The van der Waals surface area contributed by atoms with Gasteiger partial charge in [0.15, 0.2) is 11.6 Å². The number of carbonyl (C=O) groups is 4. The maximum Gasteiger partial charge on any atom is 0.238 e. The van der Waals surface area contributed by atoms with Gasteiger partial charge in [-0.25, -0.2) is 0 Å². The molecule has 1 N–H and O–H groups in total. The van der Waals surface area contributed by atoms with E-state index in [0.717, 1.165) is 10.0 Å². The van der Waals surface area contributed by atoms with Crippen LogP contribution in [0.25, 0.3) is 0 Å². The van der Waals surface area contributed by atoms with Crippen molar-refractivity contribution in [3.63, 3.8) is 0 Å². The molecule has 7 nitrogen and oxygen atoms in total. The summed E-state index contributed by atoms with van der Waals surface area (Å²) >= 11 is 3.39. The molecule has 192 valence electrons. The molecule has 0 radical (unpaired) electrons. The van der Waals surface area contributed by atoms with Crippen molar-refractivity contribution in [3.05, 3.63) is 86.9 Å². The molecule has 4 atom stereocenters. The van der Waals surface area contributed by atoms with E-state index in [4.69, 9.17) is 4.74 Å². The van der Waals surface area contributed by atoms with Gasteiger partial charge >= 0.3 is 0 Å². The summed E-state index contributed by atoms with van der Waals surface area (Å²) in [5.74, 6) is -2.89. The first-order valence-corrected chi connectivity index (χ1v) is 13.2. The van der Waals surface area contributed by atoms with Crippen molar-refractivity contribution in [3.8, 4) is 11.5 Å². The molecule has 2 aromatic carbocycles. The van der Waals surface area contributed by atoms with Gasteiger partial charge in [0.05, 0.1) is 24.6 Å². The molecule has 3 aliphatic carbocycles. The Kier molecular flexibility index (Phi) is 5.76. The Bertz CT molecular complexity index is 1530. The predicted octanol–water partition coefficient (Wildman–Crippen LogP) is 4.80. The van der Waals surface area contributed by atoms with Gasteiger partial charge in [-0.05, 0) is 62.1 Å². The number of hydrogen-bond donors (Lipinski definition) is 1. The van der Waals surface area contributed by atoms with E-state index in [-0.39, 0.29) is 35.6 Å². The molecule has 0 saturated carbocycles. The van der Waals surface area contributed by atoms with Crippen LogP contribution in [-0.4, -0.2) is 35.6 Å². The number of carbonyl (C=O) groups excluding carboxylic acids is 4. The maximum absolute atomic E-state index is 13.9. The summed E-state index contributed by atoms with van der Waals surface area (Å²) < 4.78 is 6.41. The van der Waals surface area contributed by atoms with Gasteiger partial charge in [-0.2, -0.15) is 0 Å². The van der Waals surface area contributed by atoms with Gasteiger partial charge < -0.3 is 9.84 Å². The zero-order valence-corrected chi connectivity index (χ0v) is 22.3. The number of fused-ring (bicyclic) bond motifs is 3. The van der Waals surface area contributed by atoms with E-state index in [2.05, 4.69) is 15.9 Å². The van der Waals surface area contributed by atoms with Crippen molar-refractivity contribution in [2.45, 2.75) is 25.7 Å². The Morgan fingerprint density at radius 1 is 1.00 bits per heavy atom. The number of anilines is 1. The van der Waals surface area contributed by atoms with Crippen LogP contribution in [0.5, 0.6) is 11.5 Å². The van der Waals surface area contributed by atoms with Crippen LogP contribution in [0.2, 0.25) is 0 Å². The number of Topliss-reactive ketones (excluding diaryl/α,β-unsaturated/α-hetero) is 1. The zero-order chi connectivity index (χ0) is 26.9. The molecule has 2 aromatic rings. The number of halogens is 1. The van der Waals surface area contributed by atoms with Crippen LogP contribution >= 0.6 is 15.9 Å². The number of amides is 2. The molecule has 0 spiro atoms. The first kappa shape index (κ1) is 24.6. The number of nitrogens with zero attached hydrogens (tertiary/aromatic N) is 1. The molecule has 6 rings (SSSR count). The average molecular weight is 574 g/mol. The van der Waals surface area contributed by atoms with Crippen LogP contribution < -0.4 is 9.64 Å². The number of phenols is 1. The van der Waals surface area contributed by atoms with Crippen LogP contribution in [0.1, 0.15) is 31.2 Å². The van der Waals surface area contributed by atoms with Crippen LogP contribution in [0.3, 0.4) is 0 Å². The molecule has 2 amide bonds. The van der Waals surface area contributed by atoms with E-state index in [9.17, 15) is 24.3 Å². The Labute approximate surface area is 227 Å². The van der Waals surface area contributed by atoms with Crippen LogP contribution in [0, 0.1) is 17.8 Å². The molecule has 1 fully saturated rings. The number of allylic oxidation sites excluding steroid dienone is 6. The molecule has 4 aliphatic rings. The van der Waals surface area contributed by atoms with Crippen molar-refractivity contribution in [1.29, 1.82) is 0 Å². The molecule has 8 heteroatoms. The lowest BCUT2D eigenvalue weighted by molar-refractivity contribution is -0.123. The number of benzene rings is 2.